The number of anilines is 1. The summed E-state index contributed by atoms with van der Waals surface area (Å²) in [5, 5.41) is 11.5. The van der Waals surface area contributed by atoms with E-state index in [2.05, 4.69) is 5.32 Å². The highest BCUT2D eigenvalue weighted by atomic mass is 35.5. The Morgan fingerprint density at radius 2 is 1.79 bits per heavy atom. The molecule has 4 atom stereocenters. The van der Waals surface area contributed by atoms with Gasteiger partial charge in [0, 0.05) is 0 Å². The van der Waals surface area contributed by atoms with Crippen LogP contribution in [0.1, 0.15) is 5.56 Å². The topological polar surface area (TPSA) is 75.6 Å². The molecular weight excluding hydrogens is 351 g/mol. The second kappa shape index (κ2) is 5.78. The second-order valence-corrected chi connectivity index (χ2v) is 5.93. The number of fused-ring (bicyclic) bond motifs is 2. The summed E-state index contributed by atoms with van der Waals surface area (Å²) in [5.74, 6) is -4.09. The van der Waals surface area contributed by atoms with Crippen LogP contribution in [0.4, 0.5) is 18.9 Å². The molecule has 2 N–H and O–H groups in total. The highest BCUT2D eigenvalue weighted by Crippen LogP contribution is 2.40. The maximum absolute atomic E-state index is 12.8. The van der Waals surface area contributed by atoms with Crippen LogP contribution in [0.3, 0.4) is 0 Å². The minimum Gasteiger partial charge on any atom is -0.481 e. The summed E-state index contributed by atoms with van der Waals surface area (Å²) in [6.45, 7) is 0. The van der Waals surface area contributed by atoms with E-state index in [-0.39, 0.29) is 10.7 Å². The zero-order chi connectivity index (χ0) is 17.6. The van der Waals surface area contributed by atoms with Gasteiger partial charge >= 0.3 is 12.1 Å². The van der Waals surface area contributed by atoms with E-state index in [1.165, 1.54) is 0 Å². The van der Waals surface area contributed by atoms with E-state index in [1.807, 2.05) is 0 Å². The Bertz CT molecular complexity index is 734. The quantitative estimate of drug-likeness (QED) is 0.812. The summed E-state index contributed by atoms with van der Waals surface area (Å²) >= 11 is 5.83. The number of halogens is 4. The number of hydrogen-bond acceptors (Lipinski definition) is 3. The number of aliphatic carboxylic acids is 1. The smallest absolute Gasteiger partial charge is 0.416 e. The third-order valence-electron chi connectivity index (χ3n) is 4.04. The molecule has 2 bridgehead atoms. The van der Waals surface area contributed by atoms with Crippen molar-refractivity contribution in [3.05, 3.63) is 40.9 Å². The molecule has 0 radical (unpaired) electrons. The number of alkyl halides is 3. The predicted molar refractivity (Wildman–Crippen MR) is 77.5 cm³/mol. The molecule has 1 aromatic carbocycles. The summed E-state index contributed by atoms with van der Waals surface area (Å²) < 4.78 is 43.7. The van der Waals surface area contributed by atoms with Crippen LogP contribution in [0.2, 0.25) is 5.02 Å². The Balaban J connectivity index is 1.85. The van der Waals surface area contributed by atoms with Gasteiger partial charge in [-0.1, -0.05) is 23.8 Å². The molecule has 1 saturated heterocycles. The van der Waals surface area contributed by atoms with Crippen LogP contribution in [0.15, 0.2) is 30.4 Å². The average molecular weight is 362 g/mol. The van der Waals surface area contributed by atoms with Gasteiger partial charge in [-0.3, -0.25) is 9.59 Å². The number of nitrogens with one attached hydrogen (secondary N) is 1. The van der Waals surface area contributed by atoms with Crippen molar-refractivity contribution in [3.63, 3.8) is 0 Å². The van der Waals surface area contributed by atoms with Crippen molar-refractivity contribution in [2.45, 2.75) is 18.4 Å². The van der Waals surface area contributed by atoms with Gasteiger partial charge in [-0.2, -0.15) is 13.2 Å². The first-order chi connectivity index (χ1) is 11.2. The van der Waals surface area contributed by atoms with Crippen LogP contribution < -0.4 is 5.32 Å². The number of carboxylic acid groups (broad SMARTS) is 1. The minimum absolute atomic E-state index is 0.0807. The van der Waals surface area contributed by atoms with Gasteiger partial charge in [0.25, 0.3) is 0 Å². The van der Waals surface area contributed by atoms with E-state index >= 15 is 0 Å². The standard InChI is InChI=1S/C15H11ClF3NO4/c16-7-2-1-6(15(17,18)19)5-8(7)20-13(21)11-9-3-4-10(24-9)12(11)14(22)23/h1-5,9-12H,(H,20,21)(H,22,23)/t9-,10+,11+,12+/m1/s1. The lowest BCUT2D eigenvalue weighted by Crippen LogP contribution is -2.39. The number of benzene rings is 1. The molecule has 0 aliphatic carbocycles. The van der Waals surface area contributed by atoms with Crippen LogP contribution in [-0.2, 0) is 20.5 Å². The number of hydrogen-bond donors (Lipinski definition) is 2. The lowest BCUT2D eigenvalue weighted by Gasteiger charge is -2.21. The molecule has 5 nitrogen and oxygen atoms in total. The van der Waals surface area contributed by atoms with Crippen LogP contribution >= 0.6 is 11.6 Å². The number of amides is 1. The predicted octanol–water partition coefficient (Wildman–Crippen LogP) is 2.95. The van der Waals surface area contributed by atoms with Crippen molar-refractivity contribution < 1.29 is 32.6 Å². The number of carbonyl (C=O) groups is 2. The number of carboxylic acids is 1. The molecule has 0 saturated carbocycles. The van der Waals surface area contributed by atoms with Crippen molar-refractivity contribution in [1.29, 1.82) is 0 Å². The van der Waals surface area contributed by atoms with Gasteiger partial charge in [0.1, 0.15) is 5.92 Å². The van der Waals surface area contributed by atoms with Crippen molar-refractivity contribution in [1.82, 2.24) is 0 Å². The van der Waals surface area contributed by atoms with Crippen LogP contribution in [0, 0.1) is 11.8 Å². The van der Waals surface area contributed by atoms with E-state index < -0.39 is 47.7 Å². The summed E-state index contributed by atoms with van der Waals surface area (Å²) in [6.07, 6.45) is -2.90. The number of carbonyl (C=O) groups excluding carboxylic acids is 1. The van der Waals surface area contributed by atoms with Gasteiger partial charge in [-0.15, -0.1) is 0 Å². The highest BCUT2D eigenvalue weighted by molar-refractivity contribution is 6.33. The van der Waals surface area contributed by atoms with Gasteiger partial charge in [0.15, 0.2) is 0 Å². The second-order valence-electron chi connectivity index (χ2n) is 5.52. The summed E-state index contributed by atoms with van der Waals surface area (Å²) in [6, 6.07) is 2.52. The Morgan fingerprint density at radius 3 is 2.38 bits per heavy atom. The molecule has 2 aliphatic rings. The normalized spacial score (nSPS) is 28.2. The molecule has 0 aromatic heterocycles. The average Bonchev–Trinajstić information content (AvgIpc) is 3.08. The molecule has 1 amide bonds. The molecule has 0 spiro atoms. The zero-order valence-electron chi connectivity index (χ0n) is 11.9. The van der Waals surface area contributed by atoms with Crippen molar-refractivity contribution in [2.75, 3.05) is 5.32 Å². The maximum Gasteiger partial charge on any atom is 0.416 e. The van der Waals surface area contributed by atoms with Crippen molar-refractivity contribution in [3.8, 4) is 0 Å². The fourth-order valence-electron chi connectivity index (χ4n) is 2.93. The Morgan fingerprint density at radius 1 is 1.17 bits per heavy atom. The van der Waals surface area contributed by atoms with Gasteiger partial charge in [-0.05, 0) is 18.2 Å². The van der Waals surface area contributed by atoms with E-state index in [0.717, 1.165) is 12.1 Å². The van der Waals surface area contributed by atoms with E-state index in [4.69, 9.17) is 16.3 Å². The third-order valence-corrected chi connectivity index (χ3v) is 4.37. The highest BCUT2D eigenvalue weighted by Gasteiger charge is 2.53. The monoisotopic (exact) mass is 361 g/mol. The zero-order valence-corrected chi connectivity index (χ0v) is 12.6. The SMILES string of the molecule is O=C(O)[C@@H]1[C@@H](C(=O)Nc2cc(C(F)(F)F)ccc2Cl)[C@H]2C=C[C@@H]1O2. The van der Waals surface area contributed by atoms with E-state index in [9.17, 15) is 27.9 Å². The summed E-state index contributed by atoms with van der Waals surface area (Å²) in [4.78, 5) is 23.7. The van der Waals surface area contributed by atoms with Crippen LogP contribution in [0.25, 0.3) is 0 Å². The number of ether oxygens (including phenoxy) is 1. The van der Waals surface area contributed by atoms with Gasteiger partial charge in [-0.25, -0.2) is 0 Å². The molecule has 24 heavy (non-hydrogen) atoms. The largest absolute Gasteiger partial charge is 0.481 e. The number of rotatable bonds is 3. The maximum atomic E-state index is 12.8. The molecule has 9 heteroatoms. The molecule has 2 heterocycles. The molecule has 3 rings (SSSR count). The first-order valence-corrected chi connectivity index (χ1v) is 7.30. The first kappa shape index (κ1) is 16.8. The molecule has 1 aromatic rings. The third kappa shape index (κ3) is 2.87. The Labute approximate surface area is 139 Å². The first-order valence-electron chi connectivity index (χ1n) is 6.92. The van der Waals surface area contributed by atoms with Crippen molar-refractivity contribution >= 4 is 29.2 Å². The fraction of sp³-hybridized carbons (Fsp3) is 0.333. The van der Waals surface area contributed by atoms with E-state index in [1.54, 1.807) is 12.2 Å². The fourth-order valence-corrected chi connectivity index (χ4v) is 3.09. The molecule has 1 fully saturated rings. The summed E-state index contributed by atoms with van der Waals surface area (Å²) in [7, 11) is 0. The summed E-state index contributed by atoms with van der Waals surface area (Å²) in [5.41, 5.74) is -1.20. The molecule has 0 unspecified atom stereocenters. The van der Waals surface area contributed by atoms with Gasteiger partial charge in [0.2, 0.25) is 5.91 Å². The molecule has 128 valence electrons. The van der Waals surface area contributed by atoms with Crippen molar-refractivity contribution in [2.24, 2.45) is 11.8 Å². The van der Waals surface area contributed by atoms with Crippen LogP contribution in [0.5, 0.6) is 0 Å². The lowest BCUT2D eigenvalue weighted by molar-refractivity contribution is -0.145. The molecular formula is C15H11ClF3NO4. The lowest BCUT2D eigenvalue weighted by atomic mass is 9.82. The Kier molecular flexibility index (Phi) is 4.05. The molecule has 2 aliphatic heterocycles. The van der Waals surface area contributed by atoms with Gasteiger partial charge < -0.3 is 15.2 Å². The Hall–Kier alpha value is -2.06. The van der Waals surface area contributed by atoms with E-state index in [0.29, 0.717) is 6.07 Å². The minimum atomic E-state index is -4.59. The van der Waals surface area contributed by atoms with Crippen LogP contribution in [-0.4, -0.2) is 29.2 Å². The van der Waals surface area contributed by atoms with Gasteiger partial charge in [0.05, 0.1) is 34.4 Å².